The van der Waals surface area contributed by atoms with E-state index in [2.05, 4.69) is 19.9 Å². The smallest absolute Gasteiger partial charge is 0.335 e. The van der Waals surface area contributed by atoms with Gasteiger partial charge >= 0.3 is 17.9 Å². The van der Waals surface area contributed by atoms with E-state index in [0.717, 1.165) is 5.57 Å². The molecule has 0 spiro atoms. The lowest BCUT2D eigenvalue weighted by atomic mass is 9.32. The van der Waals surface area contributed by atoms with Gasteiger partial charge in [0.15, 0.2) is 37.4 Å². The lowest BCUT2D eigenvalue weighted by Gasteiger charge is -2.73. The van der Waals surface area contributed by atoms with Gasteiger partial charge < -0.3 is 119 Å². The van der Waals surface area contributed by atoms with Gasteiger partial charge in [0, 0.05) is 17.9 Å². The van der Waals surface area contributed by atoms with Crippen LogP contribution in [0.15, 0.2) is 23.3 Å². The lowest BCUT2D eigenvalue weighted by molar-refractivity contribution is -0.386. The number of allylic oxidation sites excluding steroid dienone is 2. The fourth-order valence-electron chi connectivity index (χ4n) is 17.6. The molecule has 0 radical (unpaired) electrons. The van der Waals surface area contributed by atoms with Crippen molar-refractivity contribution in [3.63, 3.8) is 0 Å². The molecule has 0 aromatic heterocycles. The molecule has 0 aromatic carbocycles. The first-order valence-corrected chi connectivity index (χ1v) is 30.4. The Balaban J connectivity index is 1.02. The number of aliphatic carboxylic acids is 1. The van der Waals surface area contributed by atoms with Crippen molar-refractivity contribution in [2.24, 2.45) is 50.2 Å². The van der Waals surface area contributed by atoms with Crippen LogP contribution in [-0.2, 0) is 61.8 Å². The summed E-state index contributed by atoms with van der Waals surface area (Å²) in [4.78, 5) is 39.0. The predicted octanol–water partition coefficient (Wildman–Crippen LogP) is -1.83. The van der Waals surface area contributed by atoms with Crippen LogP contribution in [0.2, 0.25) is 0 Å². The highest BCUT2D eigenvalue weighted by Crippen LogP contribution is 2.76. The summed E-state index contributed by atoms with van der Waals surface area (Å²) in [5, 5.41) is 157. The molecular formula is C60H94O27. The summed E-state index contributed by atoms with van der Waals surface area (Å²) >= 11 is 0. The van der Waals surface area contributed by atoms with Crippen molar-refractivity contribution < 1.29 is 133 Å². The van der Waals surface area contributed by atoms with Crippen LogP contribution >= 0.6 is 0 Å². The van der Waals surface area contributed by atoms with Gasteiger partial charge in [0.25, 0.3) is 0 Å². The second-order valence-corrected chi connectivity index (χ2v) is 28.0. The summed E-state index contributed by atoms with van der Waals surface area (Å²) in [6.07, 6.45) is -33.9. The molecule has 4 saturated heterocycles. The summed E-state index contributed by atoms with van der Waals surface area (Å²) in [5.41, 5.74) is -5.14. The number of carboxylic acids is 1. The minimum Gasteiger partial charge on any atom is -0.479 e. The van der Waals surface area contributed by atoms with Crippen LogP contribution in [0.4, 0.5) is 0 Å². The molecule has 0 bridgehead atoms. The molecule has 3 unspecified atom stereocenters. The third kappa shape index (κ3) is 11.0. The molecule has 496 valence electrons. The third-order valence-corrected chi connectivity index (χ3v) is 22.7. The van der Waals surface area contributed by atoms with Crippen molar-refractivity contribution in [2.75, 3.05) is 19.8 Å². The molecule has 4 heterocycles. The zero-order chi connectivity index (χ0) is 64.3. The first-order chi connectivity index (χ1) is 40.6. The van der Waals surface area contributed by atoms with Gasteiger partial charge in [-0.1, -0.05) is 66.2 Å². The summed E-state index contributed by atoms with van der Waals surface area (Å²) < 4.78 is 60.9. The number of carbonyl (C=O) groups is 3. The standard InChI is InChI=1S/C60H94O27/c1-12-23(2)50(77)83-41-24(3)78-51(39(71)36(41)68)87-47-48(79-25(4)64)60(22-63)27(19-55(47,5)6)26-13-14-31-57(9)17-16-32(56(7,8)30(57)15-18-58(31,10)59(26,11)45(73)46(60)74)82-54-44(86-53-38(70)35(67)33(65)28(20-61)80-53)42(40(72)43(85-54)49(75)76)84-52-37(69)34(66)29(21-62)81-52/h12-13,24,27-48,51-54,61-63,65-74H,14-22H2,1-11H3,(H,75,76)/b23-12-/t24-,27?,28+,29+,30?,31?,32-,33-,34+,35-,36-,37-,38+,39+,40-,41-,42-,43-,44+,45+,46-,47-,48+,51-,52+,53-,54-,57-,58+,59-,60-/m0/s1. The molecule has 8 fully saturated rings. The van der Waals surface area contributed by atoms with Crippen LogP contribution in [0.5, 0.6) is 0 Å². The number of aliphatic hydroxyl groups is 13. The molecule has 0 amide bonds. The Morgan fingerprint density at radius 2 is 1.20 bits per heavy atom. The predicted molar refractivity (Wildman–Crippen MR) is 294 cm³/mol. The number of esters is 2. The number of carbonyl (C=O) groups excluding carboxylic acids is 2. The average molecular weight is 1250 g/mol. The van der Waals surface area contributed by atoms with E-state index >= 15 is 0 Å². The topological polar surface area (TPSA) is 427 Å². The van der Waals surface area contributed by atoms with Crippen LogP contribution in [0, 0.1) is 50.2 Å². The van der Waals surface area contributed by atoms with Gasteiger partial charge in [-0.2, -0.15) is 0 Å². The monoisotopic (exact) mass is 1250 g/mol. The highest BCUT2D eigenvalue weighted by atomic mass is 16.8. The number of fused-ring (bicyclic) bond motifs is 7. The zero-order valence-corrected chi connectivity index (χ0v) is 51.2. The van der Waals surface area contributed by atoms with Gasteiger partial charge in [0.1, 0.15) is 85.5 Å². The molecule has 27 nitrogen and oxygen atoms in total. The Morgan fingerprint density at radius 1 is 0.621 bits per heavy atom. The highest BCUT2D eigenvalue weighted by Gasteiger charge is 2.76. The van der Waals surface area contributed by atoms with Gasteiger partial charge in [0.2, 0.25) is 0 Å². The van der Waals surface area contributed by atoms with Crippen molar-refractivity contribution in [1.29, 1.82) is 0 Å². The first-order valence-electron chi connectivity index (χ1n) is 30.4. The Labute approximate surface area is 505 Å². The van der Waals surface area contributed by atoms with Gasteiger partial charge in [0.05, 0.1) is 49.7 Å². The minimum absolute atomic E-state index is 0.194. The van der Waals surface area contributed by atoms with Gasteiger partial charge in [-0.25, -0.2) is 9.59 Å². The van der Waals surface area contributed by atoms with Crippen LogP contribution in [0.25, 0.3) is 0 Å². The normalized spacial score (nSPS) is 51.2. The molecule has 4 saturated carbocycles. The molecule has 9 rings (SSSR count). The molecule has 31 atom stereocenters. The summed E-state index contributed by atoms with van der Waals surface area (Å²) in [7, 11) is 0. The summed E-state index contributed by atoms with van der Waals surface area (Å²) in [5.74, 6) is -4.32. The molecule has 14 N–H and O–H groups in total. The number of aliphatic hydroxyl groups excluding tert-OH is 13. The van der Waals surface area contributed by atoms with E-state index < -0.39 is 223 Å². The minimum atomic E-state index is -2.15. The van der Waals surface area contributed by atoms with E-state index in [-0.39, 0.29) is 30.3 Å². The maximum absolute atomic E-state index is 13.3. The van der Waals surface area contributed by atoms with Gasteiger partial charge in [-0.3, -0.25) is 4.79 Å². The molecule has 5 aliphatic carbocycles. The number of carboxylic acid groups (broad SMARTS) is 1. The Kier molecular flexibility index (Phi) is 19.5. The van der Waals surface area contributed by atoms with E-state index in [4.69, 9.17) is 47.4 Å². The molecule has 27 heteroatoms. The SMILES string of the molecule is C/C=C(/C)C(=O)O[C@@H]1[C@@H](O)[C@@H](O)[C@H](O[C@H]2[C@@H](OC(C)=O)[C@@]3(CO)C(CC2(C)C)C2=CCC4[C@@]5(C)CC[C@H](O[C@H]6O[C@H](C(=O)O)[C@@H](O)[C@H](O[C@H]7O[C@H](CO)[C@@H](O)[C@@H]7O)[C@H]6O[C@@H]6O[C@H](CO)[C@H](O)[C@H](O)[C@H]6O)C(C)(C)C5CC[C@@]4(C)[C@]2(C)[C@H](O)[C@@H]3O)O[C@H]1C. The van der Waals surface area contributed by atoms with Crippen LogP contribution in [-0.4, -0.2) is 256 Å². The van der Waals surface area contributed by atoms with Gasteiger partial charge in [-0.15, -0.1) is 0 Å². The number of rotatable bonds is 15. The lowest BCUT2D eigenvalue weighted by Crippen LogP contribution is -2.77. The molecule has 0 aromatic rings. The fraction of sp³-hybridized carbons (Fsp3) is 0.883. The van der Waals surface area contributed by atoms with Gasteiger partial charge in [-0.05, 0) is 98.7 Å². The Hall–Kier alpha value is -2.95. The van der Waals surface area contributed by atoms with Crippen LogP contribution < -0.4 is 0 Å². The first kappa shape index (κ1) is 68.4. The third-order valence-electron chi connectivity index (χ3n) is 22.7. The van der Waals surface area contributed by atoms with E-state index in [0.29, 0.717) is 25.7 Å². The number of hydrogen-bond donors (Lipinski definition) is 14. The molecule has 9 aliphatic rings. The van der Waals surface area contributed by atoms with Crippen LogP contribution in [0.3, 0.4) is 0 Å². The maximum atomic E-state index is 13.3. The maximum Gasteiger partial charge on any atom is 0.335 e. The second kappa shape index (κ2) is 24.8. The van der Waals surface area contributed by atoms with E-state index in [1.54, 1.807) is 6.92 Å². The summed E-state index contributed by atoms with van der Waals surface area (Å²) in [6.45, 7) is 17.4. The van der Waals surface area contributed by atoms with E-state index in [1.165, 1.54) is 26.8 Å². The molecular weight excluding hydrogens is 1150 g/mol. The molecule has 4 aliphatic heterocycles. The van der Waals surface area contributed by atoms with E-state index in [9.17, 15) is 85.9 Å². The Bertz CT molecular complexity index is 2560. The highest BCUT2D eigenvalue weighted by molar-refractivity contribution is 5.87. The van der Waals surface area contributed by atoms with Crippen LogP contribution in [0.1, 0.15) is 115 Å². The van der Waals surface area contributed by atoms with E-state index in [1.807, 2.05) is 34.6 Å². The fourth-order valence-corrected chi connectivity index (χ4v) is 17.6. The van der Waals surface area contributed by atoms with Crippen molar-refractivity contribution in [1.82, 2.24) is 0 Å². The van der Waals surface area contributed by atoms with Crippen molar-refractivity contribution in [3.8, 4) is 0 Å². The van der Waals surface area contributed by atoms with Crippen molar-refractivity contribution in [2.45, 2.75) is 262 Å². The number of hydrogen-bond acceptors (Lipinski definition) is 26. The largest absolute Gasteiger partial charge is 0.479 e. The van der Waals surface area contributed by atoms with Crippen molar-refractivity contribution in [3.05, 3.63) is 23.3 Å². The second-order valence-electron chi connectivity index (χ2n) is 28.0. The van der Waals surface area contributed by atoms with Crippen molar-refractivity contribution >= 4 is 17.9 Å². The molecule has 87 heavy (non-hydrogen) atoms. The summed E-state index contributed by atoms with van der Waals surface area (Å²) in [6, 6.07) is 0. The zero-order valence-electron chi connectivity index (χ0n) is 51.2. The quantitative estimate of drug-likeness (QED) is 0.0371. The average Bonchev–Trinajstić information content (AvgIpc) is 0.931. The number of ether oxygens (including phenoxy) is 10. The Morgan fingerprint density at radius 3 is 1.77 bits per heavy atom.